The Balaban J connectivity index is 2.14. The third-order valence-corrected chi connectivity index (χ3v) is 3.12. The number of hydrogen-bond acceptors (Lipinski definition) is 1. The molecule has 1 saturated carbocycles. The molecule has 82 valence electrons. The molecule has 0 radical (unpaired) electrons. The van der Waals surface area contributed by atoms with Gasteiger partial charge in [0.25, 0.3) is 0 Å². The number of anilines is 1. The van der Waals surface area contributed by atoms with Gasteiger partial charge in [-0.2, -0.15) is 0 Å². The van der Waals surface area contributed by atoms with Crippen LogP contribution in [-0.2, 0) is 4.79 Å². The summed E-state index contributed by atoms with van der Waals surface area (Å²) in [6.45, 7) is 10.8. The molecule has 1 fully saturated rings. The predicted molar refractivity (Wildman–Crippen MR) is 63.4 cm³/mol. The summed E-state index contributed by atoms with van der Waals surface area (Å²) in [5.41, 5.74) is 2.15. The van der Waals surface area contributed by atoms with Crippen LogP contribution >= 0.6 is 0 Å². The first-order chi connectivity index (χ1) is 7.55. The Morgan fingerprint density at radius 2 is 2.19 bits per heavy atom. The Kier molecular flexibility index (Phi) is 2.43. The molecule has 3 nitrogen and oxygen atoms in total. The molecule has 2 rings (SSSR count). The molecule has 1 aliphatic carbocycles. The Bertz CT molecular complexity index is 481. The first-order valence-electron chi connectivity index (χ1n) is 5.35. The summed E-state index contributed by atoms with van der Waals surface area (Å²) in [7, 11) is 0. The van der Waals surface area contributed by atoms with Gasteiger partial charge in [0.15, 0.2) is 5.69 Å². The molecule has 3 heteroatoms. The Labute approximate surface area is 95.3 Å². The summed E-state index contributed by atoms with van der Waals surface area (Å²) in [4.78, 5) is 15.2. The number of rotatable bonds is 2. The van der Waals surface area contributed by atoms with Gasteiger partial charge in [-0.15, -0.1) is 0 Å². The molecule has 0 bridgehead atoms. The van der Waals surface area contributed by atoms with E-state index in [0.717, 1.165) is 24.1 Å². The van der Waals surface area contributed by atoms with Crippen molar-refractivity contribution in [3.05, 3.63) is 35.2 Å². The Hall–Kier alpha value is -1.82. The summed E-state index contributed by atoms with van der Waals surface area (Å²) >= 11 is 0. The van der Waals surface area contributed by atoms with Crippen LogP contribution in [-0.4, -0.2) is 5.91 Å². The van der Waals surface area contributed by atoms with E-state index in [2.05, 4.69) is 10.2 Å². The second-order valence-corrected chi connectivity index (χ2v) is 4.63. The zero-order chi connectivity index (χ0) is 11.8. The van der Waals surface area contributed by atoms with Gasteiger partial charge < -0.3 is 5.32 Å². The van der Waals surface area contributed by atoms with Gasteiger partial charge in [0.1, 0.15) is 0 Å². The minimum absolute atomic E-state index is 0.0856. The van der Waals surface area contributed by atoms with Crippen molar-refractivity contribution in [2.75, 3.05) is 5.32 Å². The third kappa shape index (κ3) is 1.92. The maximum Gasteiger partial charge on any atom is 0.230 e. The first kappa shape index (κ1) is 10.7. The zero-order valence-corrected chi connectivity index (χ0v) is 9.50. The lowest BCUT2D eigenvalue weighted by molar-refractivity contribution is -0.120. The van der Waals surface area contributed by atoms with Gasteiger partial charge >= 0.3 is 0 Å². The normalized spacial score (nSPS) is 16.3. The molecule has 0 aliphatic heterocycles. The SMILES string of the molecule is [C-]#[N+]c1ccc(NC(=O)C2(C)CC2)cc1C. The number of carbonyl (C=O) groups excluding carboxylic acids is 1. The molecule has 0 saturated heterocycles. The fourth-order valence-corrected chi connectivity index (χ4v) is 1.56. The van der Waals surface area contributed by atoms with Crippen molar-refractivity contribution in [2.24, 2.45) is 5.41 Å². The highest BCUT2D eigenvalue weighted by Crippen LogP contribution is 2.45. The fraction of sp³-hybridized carbons (Fsp3) is 0.385. The van der Waals surface area contributed by atoms with Crippen LogP contribution in [0.2, 0.25) is 0 Å². The van der Waals surface area contributed by atoms with Crippen molar-refractivity contribution in [3.8, 4) is 0 Å². The number of carbonyl (C=O) groups is 1. The lowest BCUT2D eigenvalue weighted by atomic mass is 10.1. The smallest absolute Gasteiger partial charge is 0.230 e. The lowest BCUT2D eigenvalue weighted by Gasteiger charge is -2.10. The van der Waals surface area contributed by atoms with Crippen molar-refractivity contribution in [3.63, 3.8) is 0 Å². The quantitative estimate of drug-likeness (QED) is 0.753. The number of amides is 1. The average Bonchev–Trinajstić information content (AvgIpc) is 2.98. The molecule has 16 heavy (non-hydrogen) atoms. The average molecular weight is 214 g/mol. The third-order valence-electron chi connectivity index (χ3n) is 3.12. The molecular formula is C13H14N2O. The maximum absolute atomic E-state index is 11.8. The van der Waals surface area contributed by atoms with Gasteiger partial charge in [-0.3, -0.25) is 4.79 Å². The molecule has 0 aromatic heterocycles. The number of hydrogen-bond donors (Lipinski definition) is 1. The predicted octanol–water partition coefficient (Wildman–Crippen LogP) is 3.28. The van der Waals surface area contributed by atoms with E-state index in [9.17, 15) is 4.79 Å². The molecule has 0 unspecified atom stereocenters. The fourth-order valence-electron chi connectivity index (χ4n) is 1.56. The van der Waals surface area contributed by atoms with E-state index in [-0.39, 0.29) is 11.3 Å². The summed E-state index contributed by atoms with van der Waals surface area (Å²) < 4.78 is 0. The van der Waals surface area contributed by atoms with Crippen LogP contribution in [0.25, 0.3) is 4.85 Å². The van der Waals surface area contributed by atoms with E-state index in [1.807, 2.05) is 19.9 Å². The lowest BCUT2D eigenvalue weighted by Crippen LogP contribution is -2.21. The molecular weight excluding hydrogens is 200 g/mol. The van der Waals surface area contributed by atoms with Crippen LogP contribution in [0.15, 0.2) is 18.2 Å². The van der Waals surface area contributed by atoms with Crippen molar-refractivity contribution >= 4 is 17.3 Å². The van der Waals surface area contributed by atoms with Gasteiger partial charge in [0.05, 0.1) is 6.57 Å². The number of benzene rings is 1. The second-order valence-electron chi connectivity index (χ2n) is 4.63. The van der Waals surface area contributed by atoms with Gasteiger partial charge in [0.2, 0.25) is 5.91 Å². The minimum atomic E-state index is -0.160. The minimum Gasteiger partial charge on any atom is -0.326 e. The van der Waals surface area contributed by atoms with Crippen LogP contribution in [0.1, 0.15) is 25.3 Å². The van der Waals surface area contributed by atoms with E-state index in [1.165, 1.54) is 0 Å². The van der Waals surface area contributed by atoms with Crippen LogP contribution in [0.3, 0.4) is 0 Å². The largest absolute Gasteiger partial charge is 0.326 e. The van der Waals surface area contributed by atoms with Crippen molar-refractivity contribution in [2.45, 2.75) is 26.7 Å². The molecule has 1 aliphatic rings. The Morgan fingerprint density at radius 3 is 2.69 bits per heavy atom. The van der Waals surface area contributed by atoms with Crippen LogP contribution in [0.5, 0.6) is 0 Å². The van der Waals surface area contributed by atoms with E-state index in [1.54, 1.807) is 12.1 Å². The van der Waals surface area contributed by atoms with Crippen molar-refractivity contribution < 1.29 is 4.79 Å². The number of nitrogens with one attached hydrogen (secondary N) is 1. The highest BCUT2D eigenvalue weighted by atomic mass is 16.2. The summed E-state index contributed by atoms with van der Waals surface area (Å²) in [5, 5.41) is 2.89. The maximum atomic E-state index is 11.8. The molecule has 1 aromatic carbocycles. The second kappa shape index (κ2) is 3.64. The van der Waals surface area contributed by atoms with E-state index >= 15 is 0 Å². The summed E-state index contributed by atoms with van der Waals surface area (Å²) in [5.74, 6) is 0.0856. The van der Waals surface area contributed by atoms with Gasteiger partial charge in [0, 0.05) is 11.1 Å². The standard InChI is InChI=1S/C13H14N2O/c1-9-8-10(4-5-11(9)14-3)15-12(16)13(2)6-7-13/h4-5,8H,6-7H2,1-2H3,(H,15,16). The van der Waals surface area contributed by atoms with Crippen molar-refractivity contribution in [1.82, 2.24) is 0 Å². The van der Waals surface area contributed by atoms with Crippen LogP contribution in [0.4, 0.5) is 11.4 Å². The molecule has 1 N–H and O–H groups in total. The number of aryl methyl sites for hydroxylation is 1. The van der Waals surface area contributed by atoms with Crippen LogP contribution < -0.4 is 5.32 Å². The van der Waals surface area contributed by atoms with E-state index < -0.39 is 0 Å². The molecule has 0 atom stereocenters. The monoisotopic (exact) mass is 214 g/mol. The van der Waals surface area contributed by atoms with E-state index in [4.69, 9.17) is 6.57 Å². The van der Waals surface area contributed by atoms with Gasteiger partial charge in [-0.05, 0) is 37.5 Å². The van der Waals surface area contributed by atoms with Crippen LogP contribution in [0, 0.1) is 18.9 Å². The molecule has 0 heterocycles. The number of nitrogens with zero attached hydrogens (tertiary/aromatic N) is 1. The van der Waals surface area contributed by atoms with Gasteiger partial charge in [-0.1, -0.05) is 13.0 Å². The highest BCUT2D eigenvalue weighted by molar-refractivity contribution is 5.97. The van der Waals surface area contributed by atoms with Crippen molar-refractivity contribution in [1.29, 1.82) is 0 Å². The summed E-state index contributed by atoms with van der Waals surface area (Å²) in [6.07, 6.45) is 1.94. The Morgan fingerprint density at radius 1 is 1.50 bits per heavy atom. The topological polar surface area (TPSA) is 33.5 Å². The van der Waals surface area contributed by atoms with Gasteiger partial charge in [-0.25, -0.2) is 4.85 Å². The summed E-state index contributed by atoms with van der Waals surface area (Å²) in [6, 6.07) is 5.37. The molecule has 0 spiro atoms. The first-order valence-corrected chi connectivity index (χ1v) is 5.35. The zero-order valence-electron chi connectivity index (χ0n) is 9.50. The van der Waals surface area contributed by atoms with E-state index in [0.29, 0.717) is 5.69 Å². The molecule has 1 aromatic rings. The molecule has 1 amide bonds. The highest BCUT2D eigenvalue weighted by Gasteiger charge is 2.44.